The molecule has 1 unspecified atom stereocenters. The maximum atomic E-state index is 11.8. The average molecular weight is 329 g/mol. The highest BCUT2D eigenvalue weighted by atomic mass is 35.5. The minimum absolute atomic E-state index is 0. The summed E-state index contributed by atoms with van der Waals surface area (Å²) in [6.45, 7) is 8.04. The average Bonchev–Trinajstić information content (AvgIpc) is 2.28. The maximum Gasteiger partial charge on any atom is 0.237 e. The van der Waals surface area contributed by atoms with Gasteiger partial charge in [0.15, 0.2) is 0 Å². The molecule has 120 valence electrons. The molecule has 1 aliphatic heterocycles. The van der Waals surface area contributed by atoms with Crippen LogP contribution in [0.5, 0.6) is 0 Å². The fourth-order valence-corrected chi connectivity index (χ4v) is 2.08. The largest absolute Gasteiger partial charge is 0.368 e. The van der Waals surface area contributed by atoms with Gasteiger partial charge in [-0.25, -0.2) is 0 Å². The topological polar surface area (TPSA) is 92.7 Å². The Kier molecular flexibility index (Phi) is 9.42. The quantitative estimate of drug-likeness (QED) is 0.758. The van der Waals surface area contributed by atoms with Gasteiger partial charge in [-0.15, -0.1) is 24.8 Å². The molecule has 1 fully saturated rings. The summed E-state index contributed by atoms with van der Waals surface area (Å²) in [6.07, 6.45) is 0.374. The summed E-state index contributed by atoms with van der Waals surface area (Å²) >= 11 is 0. The number of piperazine rings is 1. The Labute approximate surface area is 133 Å². The van der Waals surface area contributed by atoms with Crippen molar-refractivity contribution < 1.29 is 9.59 Å². The molecule has 0 aromatic heterocycles. The van der Waals surface area contributed by atoms with E-state index >= 15 is 0 Å². The van der Waals surface area contributed by atoms with Crippen LogP contribution < -0.4 is 11.5 Å². The highest BCUT2D eigenvalue weighted by molar-refractivity contribution is 5.85. The summed E-state index contributed by atoms with van der Waals surface area (Å²) in [5, 5.41) is 0. The van der Waals surface area contributed by atoms with Crippen molar-refractivity contribution in [2.75, 3.05) is 26.2 Å². The first-order chi connectivity index (χ1) is 8.25. The van der Waals surface area contributed by atoms with Crippen LogP contribution in [0.2, 0.25) is 0 Å². The normalized spacial score (nSPS) is 17.7. The van der Waals surface area contributed by atoms with E-state index in [-0.39, 0.29) is 42.7 Å². The fraction of sp³-hybridized carbons (Fsp3) is 0.833. The zero-order chi connectivity index (χ0) is 13.9. The second-order valence-corrected chi connectivity index (χ2v) is 5.47. The highest BCUT2D eigenvalue weighted by Gasteiger charge is 2.35. The maximum absolute atomic E-state index is 11.8. The molecule has 4 N–H and O–H groups in total. The van der Waals surface area contributed by atoms with Gasteiger partial charge in [0.25, 0.3) is 0 Å². The van der Waals surface area contributed by atoms with Crippen molar-refractivity contribution in [3.63, 3.8) is 0 Å². The van der Waals surface area contributed by atoms with Crippen molar-refractivity contribution >= 4 is 36.6 Å². The lowest BCUT2D eigenvalue weighted by Gasteiger charge is -2.42. The van der Waals surface area contributed by atoms with E-state index in [0.717, 1.165) is 0 Å². The molecule has 1 rings (SSSR count). The van der Waals surface area contributed by atoms with Gasteiger partial charge in [-0.2, -0.15) is 0 Å². The van der Waals surface area contributed by atoms with E-state index in [1.54, 1.807) is 4.90 Å². The van der Waals surface area contributed by atoms with Gasteiger partial charge in [-0.1, -0.05) is 0 Å². The van der Waals surface area contributed by atoms with Crippen molar-refractivity contribution in [1.29, 1.82) is 0 Å². The first kappa shape index (κ1) is 21.7. The Balaban J connectivity index is 0. The number of primary amides is 1. The lowest BCUT2D eigenvalue weighted by atomic mass is 10.0. The first-order valence-corrected chi connectivity index (χ1v) is 6.33. The van der Waals surface area contributed by atoms with E-state index in [1.165, 1.54) is 0 Å². The number of carbonyl (C=O) groups is 2. The van der Waals surface area contributed by atoms with E-state index < -0.39 is 5.54 Å². The second-order valence-electron chi connectivity index (χ2n) is 5.47. The van der Waals surface area contributed by atoms with Gasteiger partial charge in [-0.05, 0) is 20.8 Å². The third-order valence-corrected chi connectivity index (χ3v) is 3.52. The molecule has 20 heavy (non-hydrogen) atoms. The molecule has 1 atom stereocenters. The highest BCUT2D eigenvalue weighted by Crippen LogP contribution is 2.16. The number of amides is 2. The molecule has 6 nitrogen and oxygen atoms in total. The molecule has 1 heterocycles. The number of hydrogen-bond donors (Lipinski definition) is 2. The van der Waals surface area contributed by atoms with Crippen molar-refractivity contribution in [2.24, 2.45) is 11.5 Å². The molecule has 0 spiro atoms. The Morgan fingerprint density at radius 1 is 1.15 bits per heavy atom. The molecule has 2 amide bonds. The van der Waals surface area contributed by atoms with Crippen molar-refractivity contribution in [3.8, 4) is 0 Å². The van der Waals surface area contributed by atoms with Crippen molar-refractivity contribution in [2.45, 2.75) is 38.8 Å². The molecule has 0 saturated carbocycles. The molecule has 0 aromatic rings. The van der Waals surface area contributed by atoms with E-state index in [0.29, 0.717) is 32.6 Å². The van der Waals surface area contributed by atoms with Gasteiger partial charge in [0, 0.05) is 38.6 Å². The van der Waals surface area contributed by atoms with Crippen molar-refractivity contribution in [1.82, 2.24) is 9.80 Å². The standard InChI is InChI=1S/C12H24N4O2.2ClH/c1-9(13)8-10(17)15-4-6-16(7-5-15)12(2,3)11(14)18;;/h9H,4-8,13H2,1-3H3,(H2,14,18);2*1H. The SMILES string of the molecule is CC(N)CC(=O)N1CCN(C(C)(C)C(N)=O)CC1.Cl.Cl. The predicted molar refractivity (Wildman–Crippen MR) is 84.2 cm³/mol. The monoisotopic (exact) mass is 328 g/mol. The van der Waals surface area contributed by atoms with Crippen LogP contribution in [0.15, 0.2) is 0 Å². The molecule has 1 aliphatic rings. The van der Waals surface area contributed by atoms with E-state index in [9.17, 15) is 9.59 Å². The van der Waals surface area contributed by atoms with E-state index in [4.69, 9.17) is 11.5 Å². The van der Waals surface area contributed by atoms with Gasteiger partial charge in [0.05, 0.1) is 5.54 Å². The van der Waals surface area contributed by atoms with Gasteiger partial charge in [0.2, 0.25) is 11.8 Å². The molecular weight excluding hydrogens is 303 g/mol. The van der Waals surface area contributed by atoms with Crippen LogP contribution in [0.25, 0.3) is 0 Å². The van der Waals surface area contributed by atoms with Gasteiger partial charge >= 0.3 is 0 Å². The number of rotatable bonds is 4. The number of nitrogens with two attached hydrogens (primary N) is 2. The second kappa shape index (κ2) is 8.67. The lowest BCUT2D eigenvalue weighted by Crippen LogP contribution is -2.60. The van der Waals surface area contributed by atoms with Crippen LogP contribution >= 0.6 is 24.8 Å². The van der Waals surface area contributed by atoms with Crippen molar-refractivity contribution in [3.05, 3.63) is 0 Å². The van der Waals surface area contributed by atoms with E-state index in [2.05, 4.69) is 0 Å². The van der Waals surface area contributed by atoms with E-state index in [1.807, 2.05) is 25.7 Å². The van der Waals surface area contributed by atoms with Crippen LogP contribution in [0.1, 0.15) is 27.2 Å². The lowest BCUT2D eigenvalue weighted by molar-refractivity contribution is -0.136. The molecule has 0 radical (unpaired) electrons. The molecule has 0 aliphatic carbocycles. The summed E-state index contributed by atoms with van der Waals surface area (Å²) in [6, 6.07) is -0.113. The molecule has 1 saturated heterocycles. The van der Waals surface area contributed by atoms with Gasteiger partial charge < -0.3 is 16.4 Å². The zero-order valence-electron chi connectivity index (χ0n) is 12.3. The minimum Gasteiger partial charge on any atom is -0.368 e. The van der Waals surface area contributed by atoms with Gasteiger partial charge in [-0.3, -0.25) is 14.5 Å². The minimum atomic E-state index is -0.656. The predicted octanol–water partition coefficient (Wildman–Crippen LogP) is -0.0246. The molecule has 0 aromatic carbocycles. The number of carbonyl (C=O) groups excluding carboxylic acids is 2. The van der Waals surface area contributed by atoms with Crippen LogP contribution in [0.3, 0.4) is 0 Å². The molecule has 0 bridgehead atoms. The van der Waals surface area contributed by atoms with Crippen LogP contribution in [0.4, 0.5) is 0 Å². The van der Waals surface area contributed by atoms with Crippen LogP contribution in [0, 0.1) is 0 Å². The van der Waals surface area contributed by atoms with Crippen LogP contribution in [-0.2, 0) is 9.59 Å². The summed E-state index contributed by atoms with van der Waals surface area (Å²) in [5.74, 6) is -0.251. The Bertz CT molecular complexity index is 329. The summed E-state index contributed by atoms with van der Waals surface area (Å²) in [5.41, 5.74) is 10.3. The van der Waals surface area contributed by atoms with Gasteiger partial charge in [0.1, 0.15) is 0 Å². The molecule has 8 heteroatoms. The third-order valence-electron chi connectivity index (χ3n) is 3.52. The first-order valence-electron chi connectivity index (χ1n) is 6.33. The number of nitrogens with zero attached hydrogens (tertiary/aromatic N) is 2. The zero-order valence-corrected chi connectivity index (χ0v) is 13.9. The Morgan fingerprint density at radius 3 is 1.95 bits per heavy atom. The van der Waals surface area contributed by atoms with Crippen LogP contribution in [-0.4, -0.2) is 59.4 Å². The summed E-state index contributed by atoms with van der Waals surface area (Å²) in [4.78, 5) is 27.0. The Morgan fingerprint density at radius 2 is 1.60 bits per heavy atom. The molecular formula is C12H26Cl2N4O2. The Hall–Kier alpha value is -0.560. The third kappa shape index (κ3) is 5.44. The smallest absolute Gasteiger partial charge is 0.237 e. The number of hydrogen-bond acceptors (Lipinski definition) is 4. The number of halogens is 2. The fourth-order valence-electron chi connectivity index (χ4n) is 2.08. The summed E-state index contributed by atoms with van der Waals surface area (Å²) in [7, 11) is 0. The summed E-state index contributed by atoms with van der Waals surface area (Å²) < 4.78 is 0.